The maximum atomic E-state index is 13.0. The summed E-state index contributed by atoms with van der Waals surface area (Å²) in [7, 11) is 1.70. The first-order valence-corrected chi connectivity index (χ1v) is 14.5. The number of piperazine rings is 1. The van der Waals surface area contributed by atoms with E-state index in [2.05, 4.69) is 59.8 Å². The van der Waals surface area contributed by atoms with Crippen molar-refractivity contribution >= 4 is 29.7 Å². The number of imide groups is 1. The Hall–Kier alpha value is -3.97. The van der Waals surface area contributed by atoms with E-state index in [4.69, 9.17) is 4.99 Å². The lowest BCUT2D eigenvalue weighted by Crippen LogP contribution is -2.64. The molecular weight excluding hydrogens is 528 g/mol. The molecule has 1 N–H and O–H groups in total. The number of fused-ring (bicyclic) bond motifs is 1. The van der Waals surface area contributed by atoms with E-state index in [0.717, 1.165) is 61.7 Å². The van der Waals surface area contributed by atoms with Gasteiger partial charge in [0, 0.05) is 52.1 Å². The summed E-state index contributed by atoms with van der Waals surface area (Å²) >= 11 is 1.58. The van der Waals surface area contributed by atoms with Gasteiger partial charge in [0.15, 0.2) is 18.2 Å². The molecule has 2 atom stereocenters. The van der Waals surface area contributed by atoms with E-state index in [1.54, 1.807) is 23.5 Å². The van der Waals surface area contributed by atoms with E-state index in [9.17, 15) is 9.59 Å². The summed E-state index contributed by atoms with van der Waals surface area (Å²) in [6.45, 7) is 4.95. The molecule has 6 rings (SSSR count). The number of guanidine groups is 1. The van der Waals surface area contributed by atoms with Crippen LogP contribution >= 0.6 is 11.8 Å². The Morgan fingerprint density at radius 3 is 2.45 bits per heavy atom. The highest BCUT2D eigenvalue weighted by Gasteiger charge is 2.49. The third-order valence-electron chi connectivity index (χ3n) is 7.46. The van der Waals surface area contributed by atoms with Crippen LogP contribution < -0.4 is 5.32 Å². The molecule has 13 heteroatoms. The summed E-state index contributed by atoms with van der Waals surface area (Å²) in [5.41, 5.74) is 2.21. The fourth-order valence-corrected chi connectivity index (χ4v) is 6.17. The number of tetrazole rings is 1. The second-order valence-electron chi connectivity index (χ2n) is 10.0. The van der Waals surface area contributed by atoms with Gasteiger partial charge in [-0.05, 0) is 34.5 Å². The summed E-state index contributed by atoms with van der Waals surface area (Å²) in [4.78, 5) is 38.6. The molecule has 2 fully saturated rings. The number of amides is 3. The molecule has 3 aliphatic rings. The summed E-state index contributed by atoms with van der Waals surface area (Å²) < 4.78 is 1.73. The van der Waals surface area contributed by atoms with Crippen molar-refractivity contribution in [3.63, 3.8) is 0 Å². The molecule has 0 bridgehead atoms. The molecule has 1 aromatic heterocycles. The largest absolute Gasteiger partial charge is 0.340 e. The minimum absolute atomic E-state index is 0.296. The molecule has 40 heavy (non-hydrogen) atoms. The number of likely N-dealkylation sites (N-methyl/N-ethyl adjacent to an activating group) is 1. The molecule has 3 aromatic rings. The lowest BCUT2D eigenvalue weighted by atomic mass is 10.1. The number of aliphatic imine (C=N–C) groups is 1. The van der Waals surface area contributed by atoms with Crippen molar-refractivity contribution in [1.29, 1.82) is 0 Å². The van der Waals surface area contributed by atoms with Gasteiger partial charge >= 0.3 is 6.03 Å². The number of thioether (sulfide) groups is 1. The molecule has 2 unspecified atom stereocenters. The van der Waals surface area contributed by atoms with Gasteiger partial charge in [-0.3, -0.25) is 15.0 Å². The fourth-order valence-electron chi connectivity index (χ4n) is 5.36. The summed E-state index contributed by atoms with van der Waals surface area (Å²) in [5, 5.41) is 15.4. The van der Waals surface area contributed by atoms with Gasteiger partial charge in [-0.25, -0.2) is 9.79 Å². The zero-order chi connectivity index (χ0) is 27.5. The lowest BCUT2D eigenvalue weighted by Gasteiger charge is -2.40. The number of benzene rings is 2. The normalized spacial score (nSPS) is 21.4. The molecule has 4 heterocycles. The van der Waals surface area contributed by atoms with Crippen LogP contribution in [-0.4, -0.2) is 115 Å². The first kappa shape index (κ1) is 26.3. The van der Waals surface area contributed by atoms with Gasteiger partial charge < -0.3 is 14.7 Å². The van der Waals surface area contributed by atoms with Crippen LogP contribution in [0.5, 0.6) is 0 Å². The molecule has 0 aliphatic carbocycles. The van der Waals surface area contributed by atoms with Gasteiger partial charge in [0.2, 0.25) is 5.16 Å². The van der Waals surface area contributed by atoms with Gasteiger partial charge in [-0.1, -0.05) is 60.3 Å². The molecule has 2 saturated heterocycles. The molecule has 0 saturated carbocycles. The monoisotopic (exact) mass is 560 g/mol. The predicted molar refractivity (Wildman–Crippen MR) is 151 cm³/mol. The van der Waals surface area contributed by atoms with Crippen molar-refractivity contribution in [1.82, 2.24) is 45.1 Å². The number of nitrogens with zero attached hydrogens (tertiary/aromatic N) is 9. The Balaban J connectivity index is 1.11. The molecule has 208 valence electrons. The third kappa shape index (κ3) is 5.39. The molecule has 0 radical (unpaired) electrons. The standard InChI is InChI=1S/C27H32N10O2S/c1-33-23-22(24(38)29-26(33)39)36(13-8-18-40-27-30-31-32-37(27)21-11-6-3-7-12-21)25(28-23)35-16-14-34(15-17-35)19-20-9-4-2-5-10-20/h2-7,9-12,22-23H,8,13-19H2,1H3,(H,29,38,39). The van der Waals surface area contributed by atoms with Gasteiger partial charge in [0.05, 0.1) is 5.69 Å². The van der Waals surface area contributed by atoms with Crippen LogP contribution in [-0.2, 0) is 11.3 Å². The highest BCUT2D eigenvalue weighted by molar-refractivity contribution is 7.99. The summed E-state index contributed by atoms with van der Waals surface area (Å²) in [5.74, 6) is 1.26. The van der Waals surface area contributed by atoms with Crippen molar-refractivity contribution < 1.29 is 9.59 Å². The Kier molecular flexibility index (Phi) is 7.64. The molecule has 3 amide bonds. The number of aromatic nitrogens is 4. The zero-order valence-corrected chi connectivity index (χ0v) is 23.2. The Bertz CT molecular complexity index is 1360. The highest BCUT2D eigenvalue weighted by atomic mass is 32.2. The smallest absolute Gasteiger partial charge is 0.325 e. The number of hydrogen-bond donors (Lipinski definition) is 1. The summed E-state index contributed by atoms with van der Waals surface area (Å²) in [6, 6.07) is 19.3. The quantitative estimate of drug-likeness (QED) is 0.323. The number of carbonyl (C=O) groups is 2. The van der Waals surface area contributed by atoms with Crippen molar-refractivity contribution in [2.75, 3.05) is 45.5 Å². The van der Waals surface area contributed by atoms with Crippen LogP contribution in [0.25, 0.3) is 5.69 Å². The number of hydrogen-bond acceptors (Lipinski definition) is 10. The van der Waals surface area contributed by atoms with Crippen molar-refractivity contribution in [2.24, 2.45) is 4.99 Å². The van der Waals surface area contributed by atoms with Crippen molar-refractivity contribution in [2.45, 2.75) is 30.3 Å². The van der Waals surface area contributed by atoms with Crippen molar-refractivity contribution in [3.8, 4) is 5.69 Å². The number of carbonyl (C=O) groups excluding carboxylic acids is 2. The van der Waals surface area contributed by atoms with E-state index in [1.807, 2.05) is 36.4 Å². The molecule has 0 spiro atoms. The van der Waals surface area contributed by atoms with E-state index in [0.29, 0.717) is 6.54 Å². The second-order valence-corrected chi connectivity index (χ2v) is 11.1. The van der Waals surface area contributed by atoms with Crippen LogP contribution in [0, 0.1) is 0 Å². The second kappa shape index (κ2) is 11.6. The molecular formula is C27H32N10O2S. The van der Waals surface area contributed by atoms with Gasteiger partial charge in [-0.2, -0.15) is 4.68 Å². The van der Waals surface area contributed by atoms with Crippen molar-refractivity contribution in [3.05, 3.63) is 66.2 Å². The number of rotatable bonds is 8. The molecule has 3 aliphatic heterocycles. The first-order valence-electron chi connectivity index (χ1n) is 13.5. The van der Waals surface area contributed by atoms with Crippen LogP contribution in [0.15, 0.2) is 70.8 Å². The van der Waals surface area contributed by atoms with Gasteiger partial charge in [-0.15, -0.1) is 5.10 Å². The van der Waals surface area contributed by atoms with E-state index >= 15 is 0 Å². The maximum Gasteiger partial charge on any atom is 0.325 e. The predicted octanol–water partition coefficient (Wildman–Crippen LogP) is 1.51. The fraction of sp³-hybridized carbons (Fsp3) is 0.407. The van der Waals surface area contributed by atoms with E-state index in [1.165, 1.54) is 10.5 Å². The zero-order valence-electron chi connectivity index (χ0n) is 22.3. The van der Waals surface area contributed by atoms with E-state index in [-0.39, 0.29) is 5.91 Å². The molecule has 2 aromatic carbocycles. The van der Waals surface area contributed by atoms with E-state index < -0.39 is 18.2 Å². The van der Waals surface area contributed by atoms with Crippen LogP contribution in [0.4, 0.5) is 4.79 Å². The minimum Gasteiger partial charge on any atom is -0.340 e. The highest BCUT2D eigenvalue weighted by Crippen LogP contribution is 2.27. The number of urea groups is 1. The number of nitrogens with one attached hydrogen (secondary N) is 1. The van der Waals surface area contributed by atoms with Gasteiger partial charge in [0.1, 0.15) is 0 Å². The molecule has 12 nitrogen and oxygen atoms in total. The van der Waals surface area contributed by atoms with Crippen LogP contribution in [0.2, 0.25) is 0 Å². The Morgan fingerprint density at radius 1 is 0.975 bits per heavy atom. The third-order valence-corrected chi connectivity index (χ3v) is 8.46. The average molecular weight is 561 g/mol. The maximum absolute atomic E-state index is 13.0. The Labute approximate surface area is 237 Å². The van der Waals surface area contributed by atoms with Gasteiger partial charge in [0.25, 0.3) is 5.91 Å². The number of para-hydroxylation sites is 1. The summed E-state index contributed by atoms with van der Waals surface area (Å²) in [6.07, 6.45) is 0.254. The SMILES string of the molecule is CN1C(=O)NC(=O)C2C1N=C(N1CCN(Cc3ccccc3)CC1)N2CCCSc1nnnn1-c1ccccc1. The Morgan fingerprint density at radius 2 is 1.70 bits per heavy atom. The van der Waals surface area contributed by atoms with Crippen LogP contribution in [0.1, 0.15) is 12.0 Å². The lowest BCUT2D eigenvalue weighted by molar-refractivity contribution is -0.127. The first-order chi connectivity index (χ1) is 19.6. The minimum atomic E-state index is -0.542. The average Bonchev–Trinajstić information content (AvgIpc) is 3.61. The van der Waals surface area contributed by atoms with Crippen LogP contribution in [0.3, 0.4) is 0 Å². The topological polar surface area (TPSA) is 115 Å².